The van der Waals surface area contributed by atoms with Crippen LogP contribution < -0.4 is 9.86 Å². The highest BCUT2D eigenvalue weighted by atomic mass is 32.3. The zero-order valence-electron chi connectivity index (χ0n) is 10.3. The first kappa shape index (κ1) is 16.1. The highest BCUT2D eigenvalue weighted by molar-refractivity contribution is 7.91. The molecule has 0 saturated heterocycles. The lowest BCUT2D eigenvalue weighted by molar-refractivity contribution is 0.584. The molecule has 0 radical (unpaired) electrons. The molecule has 11 heteroatoms. The lowest BCUT2D eigenvalue weighted by atomic mass is 10.5. The van der Waals surface area contributed by atoms with Crippen LogP contribution in [0.25, 0.3) is 0 Å². The Morgan fingerprint density at radius 1 is 1.10 bits per heavy atom. The van der Waals surface area contributed by atoms with E-state index >= 15 is 0 Å². The maximum atomic E-state index is 12.0. The number of rotatable bonds is 5. The summed E-state index contributed by atoms with van der Waals surface area (Å²) in [6.45, 7) is -0.0533. The van der Waals surface area contributed by atoms with E-state index in [2.05, 4.69) is 4.72 Å². The van der Waals surface area contributed by atoms with Crippen molar-refractivity contribution in [3.05, 3.63) is 34.0 Å². The van der Waals surface area contributed by atoms with Crippen LogP contribution in [-0.4, -0.2) is 16.8 Å². The van der Waals surface area contributed by atoms with Crippen LogP contribution in [0.2, 0.25) is 0 Å². The van der Waals surface area contributed by atoms with Crippen LogP contribution in [0.4, 0.5) is 0 Å². The number of nitrogens with zero attached hydrogens (tertiary/aromatic N) is 1. The Balaban J connectivity index is 2.12. The van der Waals surface area contributed by atoms with Crippen molar-refractivity contribution in [3.8, 4) is 6.07 Å². The molecular formula is C10H9N3O4S4. The van der Waals surface area contributed by atoms with Gasteiger partial charge in [-0.1, -0.05) is 0 Å². The molecule has 0 aliphatic carbocycles. The molecule has 0 saturated carbocycles. The maximum Gasteiger partial charge on any atom is 0.250 e. The van der Waals surface area contributed by atoms with E-state index in [1.54, 1.807) is 0 Å². The monoisotopic (exact) mass is 363 g/mol. The van der Waals surface area contributed by atoms with Gasteiger partial charge in [0.1, 0.15) is 19.4 Å². The number of nitrogens with one attached hydrogen (secondary N) is 1. The van der Waals surface area contributed by atoms with Gasteiger partial charge in [-0.05, 0) is 24.3 Å². The van der Waals surface area contributed by atoms with Crippen LogP contribution >= 0.6 is 22.7 Å². The van der Waals surface area contributed by atoms with Gasteiger partial charge < -0.3 is 0 Å². The molecule has 0 amide bonds. The Morgan fingerprint density at radius 3 is 2.29 bits per heavy atom. The van der Waals surface area contributed by atoms with Gasteiger partial charge in [0.05, 0.1) is 0 Å². The summed E-state index contributed by atoms with van der Waals surface area (Å²) in [5.41, 5.74) is 0. The van der Waals surface area contributed by atoms with E-state index in [1.807, 2.05) is 6.07 Å². The minimum Gasteiger partial charge on any atom is -0.224 e. The molecule has 112 valence electrons. The second-order valence-corrected chi connectivity index (χ2v) is 9.85. The molecule has 0 fully saturated rings. The van der Waals surface area contributed by atoms with Crippen LogP contribution in [0, 0.1) is 11.3 Å². The molecule has 0 bridgehead atoms. The van der Waals surface area contributed by atoms with Crippen molar-refractivity contribution in [2.75, 3.05) is 0 Å². The molecule has 2 aromatic heterocycles. The predicted molar refractivity (Wildman–Crippen MR) is 78.8 cm³/mol. The van der Waals surface area contributed by atoms with E-state index in [4.69, 9.17) is 10.4 Å². The van der Waals surface area contributed by atoms with Gasteiger partial charge in [0.25, 0.3) is 0 Å². The minimum absolute atomic E-state index is 0.0282. The zero-order chi connectivity index (χ0) is 15.7. The third kappa shape index (κ3) is 3.88. The molecule has 0 aliphatic rings. The van der Waals surface area contributed by atoms with Crippen molar-refractivity contribution in [1.29, 1.82) is 5.26 Å². The second kappa shape index (κ2) is 5.84. The normalized spacial score (nSPS) is 12.2. The molecule has 0 unspecified atom stereocenters. The van der Waals surface area contributed by atoms with Crippen LogP contribution in [0.5, 0.6) is 0 Å². The Labute approximate surface area is 129 Å². The molecule has 7 nitrogen and oxygen atoms in total. The molecule has 2 aromatic rings. The number of hydrogen-bond acceptors (Lipinski definition) is 7. The Bertz CT molecular complexity index is 902. The zero-order valence-corrected chi connectivity index (χ0v) is 13.6. The Hall–Kier alpha value is -1.29. The van der Waals surface area contributed by atoms with Gasteiger partial charge in [-0.2, -0.15) is 5.26 Å². The van der Waals surface area contributed by atoms with E-state index < -0.39 is 20.0 Å². The van der Waals surface area contributed by atoms with E-state index in [0.29, 0.717) is 9.75 Å². The van der Waals surface area contributed by atoms with Gasteiger partial charge in [-0.15, -0.1) is 22.7 Å². The number of hydrogen-bond donors (Lipinski definition) is 2. The molecule has 2 heterocycles. The average Bonchev–Trinajstić information content (AvgIpc) is 3.05. The highest BCUT2D eigenvalue weighted by Crippen LogP contribution is 2.23. The van der Waals surface area contributed by atoms with E-state index in [0.717, 1.165) is 22.7 Å². The lowest BCUT2D eigenvalue weighted by Crippen LogP contribution is -2.21. The molecular weight excluding hydrogens is 354 g/mol. The first-order valence-electron chi connectivity index (χ1n) is 5.33. The maximum absolute atomic E-state index is 12.0. The molecule has 0 atom stereocenters. The van der Waals surface area contributed by atoms with Crippen LogP contribution in [-0.2, 0) is 26.6 Å². The lowest BCUT2D eigenvalue weighted by Gasteiger charge is -2.02. The van der Waals surface area contributed by atoms with Gasteiger partial charge in [0, 0.05) is 11.4 Å². The van der Waals surface area contributed by atoms with Crippen molar-refractivity contribution < 1.29 is 16.8 Å². The SMILES string of the molecule is N#Cc1ccc(S(=O)(=O)NCc2ccc(S(N)(=O)=O)s2)s1. The fourth-order valence-electron chi connectivity index (χ4n) is 1.37. The first-order valence-corrected chi connectivity index (χ1v) is 10.00. The van der Waals surface area contributed by atoms with Gasteiger partial charge in [-0.25, -0.2) is 26.7 Å². The summed E-state index contributed by atoms with van der Waals surface area (Å²) in [6, 6.07) is 7.43. The number of thiophene rings is 2. The number of nitriles is 1. The topological polar surface area (TPSA) is 130 Å². The van der Waals surface area contributed by atoms with Gasteiger partial charge in [-0.3, -0.25) is 0 Å². The van der Waals surface area contributed by atoms with Crippen molar-refractivity contribution in [3.63, 3.8) is 0 Å². The quantitative estimate of drug-likeness (QED) is 0.811. The summed E-state index contributed by atoms with van der Waals surface area (Å²) in [4.78, 5) is 0.808. The summed E-state index contributed by atoms with van der Waals surface area (Å²) >= 11 is 1.76. The molecule has 21 heavy (non-hydrogen) atoms. The third-order valence-electron chi connectivity index (χ3n) is 2.31. The predicted octanol–water partition coefficient (Wildman–Crippen LogP) is 0.807. The Morgan fingerprint density at radius 2 is 1.76 bits per heavy atom. The summed E-state index contributed by atoms with van der Waals surface area (Å²) in [5.74, 6) is 0. The molecule has 3 N–H and O–H groups in total. The molecule has 0 spiro atoms. The summed E-state index contributed by atoms with van der Waals surface area (Å²) in [7, 11) is -7.51. The Kier molecular flexibility index (Phi) is 4.47. The third-order valence-corrected chi connectivity index (χ3v) is 7.72. The summed E-state index contributed by atoms with van der Waals surface area (Å²) in [5, 5.41) is 13.7. The molecule has 0 aromatic carbocycles. The summed E-state index contributed by atoms with van der Waals surface area (Å²) in [6.07, 6.45) is 0. The summed E-state index contributed by atoms with van der Waals surface area (Å²) < 4.78 is 48.6. The van der Waals surface area contributed by atoms with Crippen LogP contribution in [0.1, 0.15) is 9.75 Å². The van der Waals surface area contributed by atoms with Crippen molar-refractivity contribution in [2.24, 2.45) is 5.14 Å². The van der Waals surface area contributed by atoms with Gasteiger partial charge in [0.15, 0.2) is 0 Å². The van der Waals surface area contributed by atoms with Crippen molar-refractivity contribution in [1.82, 2.24) is 4.72 Å². The van der Waals surface area contributed by atoms with E-state index in [1.165, 1.54) is 24.3 Å². The minimum atomic E-state index is -3.78. The van der Waals surface area contributed by atoms with Crippen molar-refractivity contribution >= 4 is 42.7 Å². The number of nitrogens with two attached hydrogens (primary N) is 1. The first-order chi connectivity index (χ1) is 9.72. The molecule has 0 aliphatic heterocycles. The largest absolute Gasteiger partial charge is 0.250 e. The van der Waals surface area contributed by atoms with Crippen LogP contribution in [0.15, 0.2) is 32.7 Å². The molecule has 2 rings (SSSR count). The smallest absolute Gasteiger partial charge is 0.224 e. The fraction of sp³-hybridized carbons (Fsp3) is 0.100. The van der Waals surface area contributed by atoms with Gasteiger partial charge >= 0.3 is 0 Å². The fourth-order valence-corrected chi connectivity index (χ4v) is 5.33. The highest BCUT2D eigenvalue weighted by Gasteiger charge is 2.18. The number of primary sulfonamides is 1. The van der Waals surface area contributed by atoms with Crippen LogP contribution in [0.3, 0.4) is 0 Å². The standard InChI is InChI=1S/C10H9N3O4S4/c11-5-7-1-4-10(18-7)21(16,17)13-6-8-2-3-9(19-8)20(12,14)15/h1-4,13H,6H2,(H2,12,14,15). The average molecular weight is 363 g/mol. The number of sulfonamides is 2. The van der Waals surface area contributed by atoms with Crippen molar-refractivity contribution in [2.45, 2.75) is 15.0 Å². The van der Waals surface area contributed by atoms with E-state index in [-0.39, 0.29) is 15.0 Å². The van der Waals surface area contributed by atoms with Gasteiger partial charge in [0.2, 0.25) is 20.0 Å². The second-order valence-electron chi connectivity index (χ2n) is 3.82. The van der Waals surface area contributed by atoms with E-state index in [9.17, 15) is 16.8 Å².